The van der Waals surface area contributed by atoms with Gasteiger partial charge in [-0.05, 0) is 32.0 Å². The lowest BCUT2D eigenvalue weighted by atomic mass is 10.1. The Morgan fingerprint density at radius 1 is 0.967 bits per heavy atom. The second-order valence-electron chi connectivity index (χ2n) is 6.98. The molecule has 30 heavy (non-hydrogen) atoms. The minimum absolute atomic E-state index is 0.0991. The maximum Gasteiger partial charge on any atom is 0.229 e. The average Bonchev–Trinajstić information content (AvgIpc) is 3.23. The number of nitrogens with one attached hydrogen (secondary N) is 2. The van der Waals surface area contributed by atoms with Gasteiger partial charge in [0.05, 0.1) is 27.3 Å². The van der Waals surface area contributed by atoms with E-state index in [1.807, 2.05) is 56.3 Å². The van der Waals surface area contributed by atoms with Crippen LogP contribution in [0.1, 0.15) is 22.4 Å². The van der Waals surface area contributed by atoms with Crippen molar-refractivity contribution in [1.82, 2.24) is 9.97 Å². The van der Waals surface area contributed by atoms with Gasteiger partial charge in [-0.25, -0.2) is 9.97 Å². The molecule has 152 valence electrons. The van der Waals surface area contributed by atoms with Crippen molar-refractivity contribution in [2.45, 2.75) is 27.2 Å². The molecule has 4 aromatic rings. The largest absolute Gasteiger partial charge is 0.326 e. The second-order valence-corrected chi connectivity index (χ2v) is 9.30. The molecule has 0 radical (unpaired) electrons. The van der Waals surface area contributed by atoms with Crippen LogP contribution in [-0.4, -0.2) is 21.8 Å². The molecule has 4 rings (SSSR count). The smallest absolute Gasteiger partial charge is 0.229 e. The number of carbonyl (C=O) groups is 2. The van der Waals surface area contributed by atoms with Gasteiger partial charge in [-0.1, -0.05) is 41.2 Å². The summed E-state index contributed by atoms with van der Waals surface area (Å²) in [6.07, 6.45) is 0.257. The van der Waals surface area contributed by atoms with Crippen LogP contribution in [0.3, 0.4) is 0 Å². The van der Waals surface area contributed by atoms with E-state index >= 15 is 0 Å². The quantitative estimate of drug-likeness (QED) is 0.452. The number of hydrogen-bond acceptors (Lipinski definition) is 6. The van der Waals surface area contributed by atoms with E-state index in [9.17, 15) is 9.59 Å². The maximum atomic E-state index is 12.7. The number of benzene rings is 2. The Balaban J connectivity index is 1.51. The second kappa shape index (κ2) is 8.33. The molecule has 0 saturated heterocycles. The predicted octanol–water partition coefficient (Wildman–Crippen LogP) is 5.18. The van der Waals surface area contributed by atoms with E-state index in [0.717, 1.165) is 31.4 Å². The number of rotatable bonds is 5. The predicted molar refractivity (Wildman–Crippen MR) is 123 cm³/mol. The molecule has 0 bridgehead atoms. The molecule has 2 heterocycles. The Bertz CT molecular complexity index is 1240. The highest BCUT2D eigenvalue weighted by molar-refractivity contribution is 7.22. The molecule has 0 saturated carbocycles. The number of hydrogen-bond donors (Lipinski definition) is 2. The number of aromatic nitrogens is 2. The van der Waals surface area contributed by atoms with Gasteiger partial charge in [0.2, 0.25) is 11.8 Å². The van der Waals surface area contributed by atoms with Crippen LogP contribution in [0.5, 0.6) is 0 Å². The highest BCUT2D eigenvalue weighted by Gasteiger charge is 2.15. The lowest BCUT2D eigenvalue weighted by Gasteiger charge is -2.06. The molecule has 8 heteroatoms. The molecular weight excluding hydrogens is 416 g/mol. The number of fused-ring (bicyclic) bond motifs is 1. The topological polar surface area (TPSA) is 84.0 Å². The van der Waals surface area contributed by atoms with E-state index in [2.05, 4.69) is 20.6 Å². The zero-order chi connectivity index (χ0) is 21.3. The average molecular weight is 437 g/mol. The fraction of sp³-hybridized carbons (Fsp3) is 0.182. The maximum absolute atomic E-state index is 12.7. The van der Waals surface area contributed by atoms with Crippen molar-refractivity contribution in [3.8, 4) is 11.3 Å². The van der Waals surface area contributed by atoms with Crippen molar-refractivity contribution in [2.75, 3.05) is 10.6 Å². The Labute approximate surface area is 182 Å². The van der Waals surface area contributed by atoms with Crippen molar-refractivity contribution in [3.63, 3.8) is 0 Å². The molecule has 0 spiro atoms. The van der Waals surface area contributed by atoms with E-state index in [1.54, 1.807) is 11.3 Å². The summed E-state index contributed by atoms with van der Waals surface area (Å²) >= 11 is 2.92. The van der Waals surface area contributed by atoms with Crippen LogP contribution in [0.15, 0.2) is 42.5 Å². The van der Waals surface area contributed by atoms with E-state index < -0.39 is 0 Å². The Hall–Kier alpha value is -3.10. The van der Waals surface area contributed by atoms with Gasteiger partial charge in [0.15, 0.2) is 5.13 Å². The molecular formula is C22H20N4O2S2. The lowest BCUT2D eigenvalue weighted by molar-refractivity contribution is -0.115. The molecule has 2 aromatic heterocycles. The summed E-state index contributed by atoms with van der Waals surface area (Å²) < 4.78 is 0.894. The van der Waals surface area contributed by atoms with Crippen molar-refractivity contribution in [1.29, 1.82) is 0 Å². The minimum atomic E-state index is -0.160. The molecule has 0 fully saturated rings. The number of carbonyl (C=O) groups excluding carboxylic acids is 2. The van der Waals surface area contributed by atoms with Gasteiger partial charge in [-0.3, -0.25) is 9.59 Å². The Kier molecular flexibility index (Phi) is 5.61. The van der Waals surface area contributed by atoms with Crippen LogP contribution in [0, 0.1) is 13.8 Å². The molecule has 0 atom stereocenters. The fourth-order valence-corrected chi connectivity index (χ4v) is 4.99. The summed E-state index contributed by atoms with van der Waals surface area (Å²) in [6, 6.07) is 13.7. The summed E-state index contributed by atoms with van der Waals surface area (Å²) in [6.45, 7) is 5.45. The van der Waals surface area contributed by atoms with Crippen LogP contribution in [0.2, 0.25) is 0 Å². The van der Waals surface area contributed by atoms with Crippen molar-refractivity contribution in [3.05, 3.63) is 57.9 Å². The fourth-order valence-electron chi connectivity index (χ4n) is 3.08. The summed E-state index contributed by atoms with van der Waals surface area (Å²) in [4.78, 5) is 33.9. The lowest BCUT2D eigenvalue weighted by Crippen LogP contribution is -2.14. The van der Waals surface area contributed by atoms with E-state index in [-0.39, 0.29) is 18.2 Å². The molecule has 0 aliphatic rings. The standard InChI is InChI=1S/C22H20N4O2S2/c1-12-4-6-15(7-5-12)21-19(29-14(3)24-21)11-20(28)25-16-8-9-17-18(10-16)30-22(26-17)23-13(2)27/h4-10H,11H2,1-3H3,(H,25,28)(H,23,26,27). The van der Waals surface area contributed by atoms with Crippen LogP contribution >= 0.6 is 22.7 Å². The summed E-state index contributed by atoms with van der Waals surface area (Å²) in [5.74, 6) is -0.259. The van der Waals surface area contributed by atoms with Gasteiger partial charge in [0.1, 0.15) is 0 Å². The number of thiazole rings is 2. The van der Waals surface area contributed by atoms with E-state index in [1.165, 1.54) is 23.8 Å². The molecule has 2 aromatic carbocycles. The van der Waals surface area contributed by atoms with Gasteiger partial charge in [-0.15, -0.1) is 11.3 Å². The van der Waals surface area contributed by atoms with Gasteiger partial charge < -0.3 is 10.6 Å². The third-order valence-electron chi connectivity index (χ3n) is 4.41. The Morgan fingerprint density at radius 2 is 1.73 bits per heavy atom. The normalized spacial score (nSPS) is 10.9. The molecule has 6 nitrogen and oxygen atoms in total. The third kappa shape index (κ3) is 4.55. The number of anilines is 2. The molecule has 0 unspecified atom stereocenters. The number of amides is 2. The molecule has 0 aliphatic carbocycles. The van der Waals surface area contributed by atoms with Gasteiger partial charge >= 0.3 is 0 Å². The van der Waals surface area contributed by atoms with Gasteiger partial charge in [0, 0.05) is 23.1 Å². The van der Waals surface area contributed by atoms with E-state index in [4.69, 9.17) is 0 Å². The minimum Gasteiger partial charge on any atom is -0.326 e. The summed E-state index contributed by atoms with van der Waals surface area (Å²) in [7, 11) is 0. The number of nitrogens with zero attached hydrogens (tertiary/aromatic N) is 2. The SMILES string of the molecule is CC(=O)Nc1nc2ccc(NC(=O)Cc3sc(C)nc3-c3ccc(C)cc3)cc2s1. The highest BCUT2D eigenvalue weighted by atomic mass is 32.1. The van der Waals surface area contributed by atoms with E-state index in [0.29, 0.717) is 10.8 Å². The molecule has 0 aliphatic heterocycles. The summed E-state index contributed by atoms with van der Waals surface area (Å²) in [5.41, 5.74) is 4.55. The van der Waals surface area contributed by atoms with Gasteiger partial charge in [-0.2, -0.15) is 0 Å². The first-order valence-corrected chi connectivity index (χ1v) is 11.0. The van der Waals surface area contributed by atoms with Crippen LogP contribution in [0.25, 0.3) is 21.5 Å². The summed E-state index contributed by atoms with van der Waals surface area (Å²) in [5, 5.41) is 7.13. The van der Waals surface area contributed by atoms with Crippen molar-refractivity contribution >= 4 is 55.5 Å². The van der Waals surface area contributed by atoms with Crippen molar-refractivity contribution < 1.29 is 9.59 Å². The van der Waals surface area contributed by atoms with Crippen LogP contribution in [-0.2, 0) is 16.0 Å². The highest BCUT2D eigenvalue weighted by Crippen LogP contribution is 2.30. The van der Waals surface area contributed by atoms with Crippen molar-refractivity contribution in [2.24, 2.45) is 0 Å². The first-order chi connectivity index (χ1) is 14.4. The molecule has 2 N–H and O–H groups in total. The first-order valence-electron chi connectivity index (χ1n) is 9.39. The Morgan fingerprint density at radius 3 is 2.47 bits per heavy atom. The monoisotopic (exact) mass is 436 g/mol. The first kappa shape index (κ1) is 20.2. The van der Waals surface area contributed by atoms with Crippen LogP contribution < -0.4 is 10.6 Å². The number of aryl methyl sites for hydroxylation is 2. The third-order valence-corrected chi connectivity index (χ3v) is 6.31. The van der Waals surface area contributed by atoms with Gasteiger partial charge in [0.25, 0.3) is 0 Å². The zero-order valence-electron chi connectivity index (χ0n) is 16.8. The zero-order valence-corrected chi connectivity index (χ0v) is 18.4. The van der Waals surface area contributed by atoms with Crippen LogP contribution in [0.4, 0.5) is 10.8 Å². The molecule has 2 amide bonds.